The van der Waals surface area contributed by atoms with Crippen molar-refractivity contribution in [1.82, 2.24) is 4.98 Å². The summed E-state index contributed by atoms with van der Waals surface area (Å²) < 4.78 is 92.4. The highest BCUT2D eigenvalue weighted by Crippen LogP contribution is 2.52. The van der Waals surface area contributed by atoms with Gasteiger partial charge in [0.15, 0.2) is 6.20 Å². The van der Waals surface area contributed by atoms with E-state index < -0.39 is 31.9 Å². The Morgan fingerprint density at radius 2 is 1.76 bits per heavy atom. The van der Waals surface area contributed by atoms with Crippen molar-refractivity contribution in [3.05, 3.63) is 82.8 Å². The zero-order valence-corrected chi connectivity index (χ0v) is 19.5. The van der Waals surface area contributed by atoms with Crippen LogP contribution in [0.15, 0.2) is 59.4 Å². The topological polar surface area (TPSA) is 29.9 Å². The van der Waals surface area contributed by atoms with E-state index in [9.17, 15) is 0 Å². The lowest BCUT2D eigenvalue weighted by molar-refractivity contribution is -0.660. The number of rotatable bonds is 2. The molecular weight excluding hydrogens is 416 g/mol. The molecule has 3 heteroatoms. The largest absolute Gasteiger partial charge is 0.454 e. The number of fused-ring (bicyclic) bond motifs is 7. The average Bonchev–Trinajstić information content (AvgIpc) is 3.41. The van der Waals surface area contributed by atoms with E-state index >= 15 is 0 Å². The van der Waals surface area contributed by atoms with Gasteiger partial charge in [-0.3, -0.25) is 4.98 Å². The standard InChI is InChI=1S/C31H31N2O/c1-17(2)22-14-26(33(7)16-19(22)4)27-18(3)8-9-20-21-10-11-25-28(30(21)34-29(20)27)23-15-32-13-12-24(23)31(25,5)6/h8-17H,1-7H3/q+1/i4D3,5D3,6D3,17D. The summed E-state index contributed by atoms with van der Waals surface area (Å²) in [6.45, 7) is -3.06. The second-order valence-electron chi connectivity index (χ2n) is 9.37. The molecule has 1 aliphatic carbocycles. The molecule has 3 heterocycles. The molecule has 0 radical (unpaired) electrons. The molecule has 0 spiro atoms. The minimum Gasteiger partial charge on any atom is -0.454 e. The number of aryl methyl sites for hydroxylation is 3. The normalized spacial score (nSPS) is 20.0. The first-order valence-electron chi connectivity index (χ1n) is 16.2. The quantitative estimate of drug-likeness (QED) is 0.257. The summed E-state index contributed by atoms with van der Waals surface area (Å²) in [7, 11) is 1.74. The third-order valence-corrected chi connectivity index (χ3v) is 6.99. The number of benzene rings is 2. The molecule has 3 nitrogen and oxygen atoms in total. The molecule has 0 saturated heterocycles. The van der Waals surface area contributed by atoms with Gasteiger partial charge in [-0.05, 0) is 48.0 Å². The third-order valence-electron chi connectivity index (χ3n) is 6.99. The molecule has 1 aliphatic rings. The third kappa shape index (κ3) is 2.70. The maximum atomic E-state index is 8.74. The van der Waals surface area contributed by atoms with E-state index in [-0.39, 0.29) is 16.7 Å². The lowest BCUT2D eigenvalue weighted by atomic mass is 9.82. The first kappa shape index (κ1) is 12.9. The van der Waals surface area contributed by atoms with E-state index in [1.807, 2.05) is 19.1 Å². The van der Waals surface area contributed by atoms with Gasteiger partial charge in [0.1, 0.15) is 18.2 Å². The van der Waals surface area contributed by atoms with Gasteiger partial charge in [0.2, 0.25) is 5.69 Å². The Morgan fingerprint density at radius 3 is 2.50 bits per heavy atom. The van der Waals surface area contributed by atoms with Crippen LogP contribution in [0.1, 0.15) is 75.0 Å². The van der Waals surface area contributed by atoms with Crippen LogP contribution in [0.25, 0.3) is 44.3 Å². The highest BCUT2D eigenvalue weighted by Gasteiger charge is 2.38. The minimum atomic E-state index is -2.92. The van der Waals surface area contributed by atoms with Crippen molar-refractivity contribution >= 4 is 21.9 Å². The van der Waals surface area contributed by atoms with E-state index in [0.29, 0.717) is 44.5 Å². The number of hydrogen-bond donors (Lipinski definition) is 0. The zero-order valence-electron chi connectivity index (χ0n) is 29.5. The van der Waals surface area contributed by atoms with Crippen molar-refractivity contribution in [3.8, 4) is 22.4 Å². The van der Waals surface area contributed by atoms with Gasteiger partial charge in [0.05, 0.1) is 5.56 Å². The Hall–Kier alpha value is -3.46. The highest BCUT2D eigenvalue weighted by atomic mass is 16.3. The fourth-order valence-corrected chi connectivity index (χ4v) is 5.28. The summed E-state index contributed by atoms with van der Waals surface area (Å²) in [5, 5.41) is 1.39. The van der Waals surface area contributed by atoms with Crippen LogP contribution >= 0.6 is 0 Å². The second kappa shape index (κ2) is 7.02. The van der Waals surface area contributed by atoms with E-state index in [0.717, 1.165) is 10.9 Å². The average molecular weight is 458 g/mol. The van der Waals surface area contributed by atoms with Crippen LogP contribution in [0.5, 0.6) is 0 Å². The van der Waals surface area contributed by atoms with Crippen LogP contribution in [-0.2, 0) is 12.5 Å². The molecule has 0 bridgehead atoms. The number of furan rings is 1. The molecule has 0 saturated carbocycles. The SMILES string of the molecule is [2H]C([2H])([2H])c1c[n+](C)c(-c2c(C)ccc3c2oc2c4c(ccc23)C(C([2H])([2H])[2H])(C([2H])([2H])[2H])c2ccncc2-4)cc1C([2H])(C)C. The lowest BCUT2D eigenvalue weighted by Gasteiger charge is -2.20. The van der Waals surface area contributed by atoms with Gasteiger partial charge in [-0.1, -0.05) is 51.8 Å². The highest BCUT2D eigenvalue weighted by molar-refractivity contribution is 6.14. The smallest absolute Gasteiger partial charge is 0.216 e. The van der Waals surface area contributed by atoms with E-state index in [1.165, 1.54) is 24.7 Å². The summed E-state index contributed by atoms with van der Waals surface area (Å²) in [5.41, 5.74) is 2.19. The van der Waals surface area contributed by atoms with Crippen molar-refractivity contribution in [2.75, 3.05) is 0 Å². The van der Waals surface area contributed by atoms with Crippen molar-refractivity contribution in [2.45, 2.75) is 52.6 Å². The molecular formula is C31H31N2O+. The Kier molecular flexibility index (Phi) is 2.65. The van der Waals surface area contributed by atoms with Gasteiger partial charge in [0.25, 0.3) is 0 Å². The first-order chi connectivity index (χ1) is 20.2. The van der Waals surface area contributed by atoms with Gasteiger partial charge in [0, 0.05) is 65.0 Å². The summed E-state index contributed by atoms with van der Waals surface area (Å²) in [4.78, 5) is 4.22. The zero-order chi connectivity index (χ0) is 32.4. The van der Waals surface area contributed by atoms with E-state index in [2.05, 4.69) is 4.98 Å². The van der Waals surface area contributed by atoms with Gasteiger partial charge in [-0.15, -0.1) is 0 Å². The molecule has 6 rings (SSSR count). The monoisotopic (exact) mass is 457 g/mol. The number of aromatic nitrogens is 2. The first-order valence-corrected chi connectivity index (χ1v) is 11.2. The van der Waals surface area contributed by atoms with Crippen molar-refractivity contribution in [3.63, 3.8) is 0 Å². The molecule has 0 fully saturated rings. The van der Waals surface area contributed by atoms with Crippen molar-refractivity contribution in [1.29, 1.82) is 0 Å². The summed E-state index contributed by atoms with van der Waals surface area (Å²) in [6.07, 6.45) is 4.43. The van der Waals surface area contributed by atoms with Crippen molar-refractivity contribution in [2.24, 2.45) is 7.05 Å². The molecule has 0 unspecified atom stereocenters. The van der Waals surface area contributed by atoms with E-state index in [4.69, 9.17) is 18.1 Å². The summed E-state index contributed by atoms with van der Waals surface area (Å²) >= 11 is 0. The fourth-order valence-electron chi connectivity index (χ4n) is 5.28. The maximum absolute atomic E-state index is 8.74. The second-order valence-corrected chi connectivity index (χ2v) is 9.37. The summed E-state index contributed by atoms with van der Waals surface area (Å²) in [6, 6.07) is 10.3. The van der Waals surface area contributed by atoms with Gasteiger partial charge in [-0.25, -0.2) is 4.57 Å². The lowest BCUT2D eigenvalue weighted by Crippen LogP contribution is -2.32. The molecule has 0 amide bonds. The van der Waals surface area contributed by atoms with Crippen LogP contribution in [0.4, 0.5) is 0 Å². The molecule has 2 aromatic carbocycles. The maximum Gasteiger partial charge on any atom is 0.216 e. The van der Waals surface area contributed by atoms with Crippen LogP contribution in [0.3, 0.4) is 0 Å². The predicted octanol–water partition coefficient (Wildman–Crippen LogP) is 7.52. The fraction of sp³-hybridized carbons (Fsp3) is 0.290. The Bertz CT molecular complexity index is 1980. The minimum absolute atomic E-state index is 0.0887. The van der Waals surface area contributed by atoms with Gasteiger partial charge >= 0.3 is 0 Å². The molecule has 170 valence electrons. The Morgan fingerprint density at radius 1 is 1.00 bits per heavy atom. The molecule has 3 aromatic heterocycles. The van der Waals surface area contributed by atoms with E-state index in [1.54, 1.807) is 43.7 Å². The van der Waals surface area contributed by atoms with Gasteiger partial charge < -0.3 is 4.42 Å². The molecule has 0 atom stereocenters. The van der Waals surface area contributed by atoms with Crippen LogP contribution in [0, 0.1) is 13.8 Å². The Labute approximate surface area is 215 Å². The summed E-state index contributed by atoms with van der Waals surface area (Å²) in [5.74, 6) is -1.21. The number of hydrogen-bond acceptors (Lipinski definition) is 2. The van der Waals surface area contributed by atoms with Crippen LogP contribution in [0.2, 0.25) is 0 Å². The van der Waals surface area contributed by atoms with Crippen molar-refractivity contribution < 1.29 is 22.7 Å². The van der Waals surface area contributed by atoms with Crippen LogP contribution < -0.4 is 4.57 Å². The Balaban J connectivity index is 1.74. The number of nitrogens with zero attached hydrogens (tertiary/aromatic N) is 2. The molecule has 34 heavy (non-hydrogen) atoms. The molecule has 5 aromatic rings. The number of pyridine rings is 2. The van der Waals surface area contributed by atoms with Crippen LogP contribution in [-0.4, -0.2) is 4.98 Å². The predicted molar refractivity (Wildman–Crippen MR) is 139 cm³/mol. The van der Waals surface area contributed by atoms with Gasteiger partial charge in [-0.2, -0.15) is 0 Å². The molecule has 0 N–H and O–H groups in total. The molecule has 0 aliphatic heterocycles.